The summed E-state index contributed by atoms with van der Waals surface area (Å²) in [5.41, 5.74) is 0.0660. The van der Waals surface area contributed by atoms with E-state index in [1.807, 2.05) is 13.1 Å². The van der Waals surface area contributed by atoms with Gasteiger partial charge < -0.3 is 9.73 Å². The fourth-order valence-corrected chi connectivity index (χ4v) is 2.63. The van der Waals surface area contributed by atoms with E-state index >= 15 is 0 Å². The maximum absolute atomic E-state index is 5.62. The third-order valence-electron chi connectivity index (χ3n) is 3.51. The van der Waals surface area contributed by atoms with Crippen molar-refractivity contribution in [2.75, 3.05) is 27.2 Å². The van der Waals surface area contributed by atoms with E-state index in [1.54, 1.807) is 6.26 Å². The van der Waals surface area contributed by atoms with Gasteiger partial charge in [0, 0.05) is 6.54 Å². The van der Waals surface area contributed by atoms with Crippen LogP contribution in [0.4, 0.5) is 0 Å². The van der Waals surface area contributed by atoms with Gasteiger partial charge in [0.1, 0.15) is 5.76 Å². The van der Waals surface area contributed by atoms with E-state index in [4.69, 9.17) is 4.42 Å². The summed E-state index contributed by atoms with van der Waals surface area (Å²) < 4.78 is 5.62. The highest BCUT2D eigenvalue weighted by atomic mass is 16.3. The summed E-state index contributed by atoms with van der Waals surface area (Å²) in [6.45, 7) is 2.11. The Bertz CT molecular complexity index is 293. The molecule has 0 amide bonds. The van der Waals surface area contributed by atoms with Crippen LogP contribution in [0.5, 0.6) is 0 Å². The Kier molecular flexibility index (Phi) is 3.12. The minimum Gasteiger partial charge on any atom is -0.467 e. The lowest BCUT2D eigenvalue weighted by atomic mass is 9.84. The summed E-state index contributed by atoms with van der Waals surface area (Å²) in [7, 11) is 4.20. The van der Waals surface area contributed by atoms with Crippen molar-refractivity contribution in [1.82, 2.24) is 10.2 Å². The third kappa shape index (κ3) is 1.82. The van der Waals surface area contributed by atoms with Crippen molar-refractivity contribution >= 4 is 0 Å². The van der Waals surface area contributed by atoms with E-state index in [0.29, 0.717) is 0 Å². The molecule has 1 aliphatic rings. The number of likely N-dealkylation sites (N-methyl/N-ethyl adjacent to an activating group) is 2. The second-order valence-corrected chi connectivity index (χ2v) is 4.42. The molecule has 3 nitrogen and oxygen atoms in total. The first kappa shape index (κ1) is 10.7. The number of furan rings is 1. The Labute approximate surface area is 91.4 Å². The van der Waals surface area contributed by atoms with Crippen molar-refractivity contribution in [3.8, 4) is 0 Å². The number of hydrogen-bond donors (Lipinski definition) is 1. The monoisotopic (exact) mass is 208 g/mol. The number of piperidine rings is 1. The highest BCUT2D eigenvalue weighted by molar-refractivity contribution is 5.15. The molecular weight excluding hydrogens is 188 g/mol. The van der Waals surface area contributed by atoms with Crippen LogP contribution in [-0.4, -0.2) is 32.1 Å². The normalized spacial score (nSPS) is 28.1. The van der Waals surface area contributed by atoms with Crippen molar-refractivity contribution in [2.45, 2.75) is 24.8 Å². The molecule has 0 radical (unpaired) electrons. The molecular formula is C12H20N2O. The van der Waals surface area contributed by atoms with Gasteiger partial charge in [-0.05, 0) is 52.0 Å². The summed E-state index contributed by atoms with van der Waals surface area (Å²) in [6.07, 6.45) is 5.53. The lowest BCUT2D eigenvalue weighted by Crippen LogP contribution is -2.52. The van der Waals surface area contributed by atoms with Gasteiger partial charge in [-0.3, -0.25) is 4.90 Å². The molecule has 0 bridgehead atoms. The van der Waals surface area contributed by atoms with Gasteiger partial charge in [-0.2, -0.15) is 0 Å². The second-order valence-electron chi connectivity index (χ2n) is 4.42. The maximum atomic E-state index is 5.62. The molecule has 1 aromatic rings. The van der Waals surface area contributed by atoms with Gasteiger partial charge in [0.15, 0.2) is 0 Å². The Hall–Kier alpha value is -0.800. The van der Waals surface area contributed by atoms with Crippen molar-refractivity contribution in [3.63, 3.8) is 0 Å². The SMILES string of the molecule is CNCC1(c2ccco2)CCCCN1C. The van der Waals surface area contributed by atoms with Crippen LogP contribution in [0.15, 0.2) is 22.8 Å². The summed E-state index contributed by atoms with van der Waals surface area (Å²) in [6, 6.07) is 4.08. The van der Waals surface area contributed by atoms with Crippen LogP contribution in [0, 0.1) is 0 Å². The zero-order chi connectivity index (χ0) is 10.7. The first-order chi connectivity index (χ1) is 7.29. The molecule has 0 saturated carbocycles. The van der Waals surface area contributed by atoms with Crippen LogP contribution >= 0.6 is 0 Å². The molecule has 84 valence electrons. The quantitative estimate of drug-likeness (QED) is 0.821. The lowest BCUT2D eigenvalue weighted by Gasteiger charge is -2.43. The molecule has 1 atom stereocenters. The van der Waals surface area contributed by atoms with E-state index in [9.17, 15) is 0 Å². The van der Waals surface area contributed by atoms with Gasteiger partial charge in [0.25, 0.3) is 0 Å². The number of nitrogens with one attached hydrogen (secondary N) is 1. The number of nitrogens with zero attached hydrogens (tertiary/aromatic N) is 1. The molecule has 1 unspecified atom stereocenters. The van der Waals surface area contributed by atoms with E-state index < -0.39 is 0 Å². The molecule has 3 heteroatoms. The van der Waals surface area contributed by atoms with E-state index in [2.05, 4.69) is 23.3 Å². The molecule has 1 aromatic heterocycles. The van der Waals surface area contributed by atoms with Gasteiger partial charge >= 0.3 is 0 Å². The van der Waals surface area contributed by atoms with Crippen molar-refractivity contribution < 1.29 is 4.42 Å². The van der Waals surface area contributed by atoms with Crippen molar-refractivity contribution in [1.29, 1.82) is 0 Å². The second kappa shape index (κ2) is 4.37. The van der Waals surface area contributed by atoms with E-state index in [0.717, 1.165) is 18.8 Å². The summed E-state index contributed by atoms with van der Waals surface area (Å²) in [5.74, 6) is 1.10. The lowest BCUT2D eigenvalue weighted by molar-refractivity contribution is 0.0510. The Morgan fingerprint density at radius 2 is 2.40 bits per heavy atom. The van der Waals surface area contributed by atoms with Crippen molar-refractivity contribution in [2.24, 2.45) is 0 Å². The Balaban J connectivity index is 2.30. The fourth-order valence-electron chi connectivity index (χ4n) is 2.63. The fraction of sp³-hybridized carbons (Fsp3) is 0.667. The van der Waals surface area contributed by atoms with Crippen LogP contribution in [0.25, 0.3) is 0 Å². The van der Waals surface area contributed by atoms with Crippen LogP contribution in [0.3, 0.4) is 0 Å². The molecule has 1 N–H and O–H groups in total. The molecule has 0 spiro atoms. The molecule has 0 aliphatic carbocycles. The Morgan fingerprint density at radius 1 is 1.53 bits per heavy atom. The minimum atomic E-state index is 0.0660. The van der Waals surface area contributed by atoms with E-state index in [1.165, 1.54) is 19.3 Å². The average Bonchev–Trinajstić information content (AvgIpc) is 2.75. The first-order valence-electron chi connectivity index (χ1n) is 5.69. The van der Waals surface area contributed by atoms with Crippen LogP contribution in [-0.2, 0) is 5.54 Å². The zero-order valence-corrected chi connectivity index (χ0v) is 9.62. The highest BCUT2D eigenvalue weighted by Crippen LogP contribution is 2.36. The third-order valence-corrected chi connectivity index (χ3v) is 3.51. The van der Waals surface area contributed by atoms with Crippen molar-refractivity contribution in [3.05, 3.63) is 24.2 Å². The molecule has 15 heavy (non-hydrogen) atoms. The largest absolute Gasteiger partial charge is 0.467 e. The van der Waals surface area contributed by atoms with Gasteiger partial charge in [0.2, 0.25) is 0 Å². The van der Waals surface area contributed by atoms with Gasteiger partial charge in [-0.25, -0.2) is 0 Å². The number of hydrogen-bond acceptors (Lipinski definition) is 3. The molecule has 2 rings (SSSR count). The highest BCUT2D eigenvalue weighted by Gasteiger charge is 2.39. The topological polar surface area (TPSA) is 28.4 Å². The standard InChI is InChI=1S/C12H20N2O/c1-13-10-12(11-6-5-9-15-11)7-3-4-8-14(12)2/h5-6,9,13H,3-4,7-8,10H2,1-2H3. The zero-order valence-electron chi connectivity index (χ0n) is 9.62. The summed E-state index contributed by atoms with van der Waals surface area (Å²) in [5, 5.41) is 3.30. The van der Waals surface area contributed by atoms with Gasteiger partial charge in [-0.15, -0.1) is 0 Å². The molecule has 2 heterocycles. The number of rotatable bonds is 3. The smallest absolute Gasteiger partial charge is 0.125 e. The van der Waals surface area contributed by atoms with Gasteiger partial charge in [0.05, 0.1) is 11.8 Å². The Morgan fingerprint density at radius 3 is 3.00 bits per heavy atom. The number of likely N-dealkylation sites (tertiary alicyclic amines) is 1. The van der Waals surface area contributed by atoms with E-state index in [-0.39, 0.29) is 5.54 Å². The van der Waals surface area contributed by atoms with Crippen LogP contribution in [0.2, 0.25) is 0 Å². The molecule has 0 aromatic carbocycles. The summed E-state index contributed by atoms with van der Waals surface area (Å²) >= 11 is 0. The van der Waals surface area contributed by atoms with Gasteiger partial charge in [-0.1, -0.05) is 0 Å². The maximum Gasteiger partial charge on any atom is 0.125 e. The molecule has 1 saturated heterocycles. The van der Waals surface area contributed by atoms with Crippen LogP contribution in [0.1, 0.15) is 25.0 Å². The predicted molar refractivity (Wildman–Crippen MR) is 60.8 cm³/mol. The van der Waals surface area contributed by atoms with Crippen LogP contribution < -0.4 is 5.32 Å². The first-order valence-corrected chi connectivity index (χ1v) is 5.69. The minimum absolute atomic E-state index is 0.0660. The average molecular weight is 208 g/mol. The summed E-state index contributed by atoms with van der Waals surface area (Å²) in [4.78, 5) is 2.42. The molecule has 1 aliphatic heterocycles. The predicted octanol–water partition coefficient (Wildman–Crippen LogP) is 1.81. The molecule has 1 fully saturated rings.